The molecule has 0 atom stereocenters. The fourth-order valence-electron chi connectivity index (χ4n) is 4.98. The summed E-state index contributed by atoms with van der Waals surface area (Å²) in [7, 11) is 0. The number of benzene rings is 2. The van der Waals surface area contributed by atoms with E-state index in [1.165, 1.54) is 23.1 Å². The summed E-state index contributed by atoms with van der Waals surface area (Å²) in [6.07, 6.45) is 5.54. The molecule has 2 amide bonds. The van der Waals surface area contributed by atoms with Crippen molar-refractivity contribution in [3.63, 3.8) is 0 Å². The molecule has 2 aliphatic rings. The zero-order valence-corrected chi connectivity index (χ0v) is 19.5. The first kappa shape index (κ1) is 22.6. The molecule has 2 heterocycles. The summed E-state index contributed by atoms with van der Waals surface area (Å²) in [6, 6.07) is 14.8. The first-order valence-electron chi connectivity index (χ1n) is 12.2. The number of aryl methyl sites for hydroxylation is 2. The minimum absolute atomic E-state index is 0.171. The van der Waals surface area contributed by atoms with Gasteiger partial charge in [0.15, 0.2) is 0 Å². The van der Waals surface area contributed by atoms with E-state index in [0.29, 0.717) is 13.0 Å². The van der Waals surface area contributed by atoms with E-state index in [9.17, 15) is 9.59 Å². The molecule has 0 unspecified atom stereocenters. The van der Waals surface area contributed by atoms with Gasteiger partial charge in [-0.15, -0.1) is 0 Å². The largest absolute Gasteiger partial charge is 0.464 e. The molecular formula is C27H32N4O3. The molecule has 0 saturated carbocycles. The van der Waals surface area contributed by atoms with Crippen molar-refractivity contribution in [1.82, 2.24) is 20.7 Å². The lowest BCUT2D eigenvalue weighted by Crippen LogP contribution is -2.48. The predicted molar refractivity (Wildman–Crippen MR) is 131 cm³/mol. The second kappa shape index (κ2) is 10.4. The first-order chi connectivity index (χ1) is 16.6. The summed E-state index contributed by atoms with van der Waals surface area (Å²) in [5, 5.41) is 0.994. The minimum Gasteiger partial charge on any atom is -0.464 e. The smallest absolute Gasteiger partial charge is 0.242 e. The third kappa shape index (κ3) is 5.48. The van der Waals surface area contributed by atoms with Gasteiger partial charge in [-0.2, -0.15) is 0 Å². The van der Waals surface area contributed by atoms with E-state index in [1.54, 1.807) is 6.26 Å². The summed E-state index contributed by atoms with van der Waals surface area (Å²) in [6.45, 7) is 5.55. The number of nitrogens with zero attached hydrogens (tertiary/aromatic N) is 2. The number of carbonyl (C=O) groups is 2. The third-order valence-electron chi connectivity index (χ3n) is 6.93. The number of amides is 2. The van der Waals surface area contributed by atoms with Crippen LogP contribution in [-0.4, -0.2) is 54.3 Å². The molecule has 0 bridgehead atoms. The van der Waals surface area contributed by atoms with Gasteiger partial charge in [0.25, 0.3) is 0 Å². The van der Waals surface area contributed by atoms with Crippen molar-refractivity contribution in [3.05, 3.63) is 71.0 Å². The van der Waals surface area contributed by atoms with Crippen molar-refractivity contribution < 1.29 is 14.0 Å². The van der Waals surface area contributed by atoms with E-state index in [-0.39, 0.29) is 18.2 Å². The molecule has 7 heteroatoms. The molecule has 0 spiro atoms. The van der Waals surface area contributed by atoms with Crippen molar-refractivity contribution in [2.45, 2.75) is 38.6 Å². The Labute approximate surface area is 200 Å². The Morgan fingerprint density at radius 2 is 1.59 bits per heavy atom. The van der Waals surface area contributed by atoms with E-state index in [0.717, 1.165) is 62.1 Å². The molecule has 1 fully saturated rings. The highest BCUT2D eigenvalue weighted by atomic mass is 16.3. The molecule has 7 nitrogen and oxygen atoms in total. The van der Waals surface area contributed by atoms with Crippen LogP contribution in [0.3, 0.4) is 0 Å². The maximum atomic E-state index is 12.4. The highest BCUT2D eigenvalue weighted by molar-refractivity contribution is 5.89. The second-order valence-corrected chi connectivity index (χ2v) is 9.36. The Balaban J connectivity index is 1.02. The molecule has 0 radical (unpaired) electrons. The number of fused-ring (bicyclic) bond motifs is 2. The second-order valence-electron chi connectivity index (χ2n) is 9.36. The number of hydrogen-bond acceptors (Lipinski definition) is 5. The number of furan rings is 1. The monoisotopic (exact) mass is 460 g/mol. The van der Waals surface area contributed by atoms with Gasteiger partial charge >= 0.3 is 0 Å². The molecule has 1 aliphatic heterocycles. The Morgan fingerprint density at radius 1 is 0.882 bits per heavy atom. The summed E-state index contributed by atoms with van der Waals surface area (Å²) in [4.78, 5) is 29.4. The topological polar surface area (TPSA) is 77.8 Å². The molecule has 3 aromatic rings. The maximum absolute atomic E-state index is 12.4. The average molecular weight is 461 g/mol. The number of nitrogens with one attached hydrogen (secondary N) is 2. The van der Waals surface area contributed by atoms with Crippen LogP contribution in [0.4, 0.5) is 0 Å². The average Bonchev–Trinajstić information content (AvgIpc) is 3.48. The Kier molecular flexibility index (Phi) is 6.92. The van der Waals surface area contributed by atoms with Gasteiger partial charge in [0.05, 0.1) is 12.7 Å². The summed E-state index contributed by atoms with van der Waals surface area (Å²) in [5.41, 5.74) is 10.8. The summed E-state index contributed by atoms with van der Waals surface area (Å²) >= 11 is 0. The van der Waals surface area contributed by atoms with Gasteiger partial charge in [0, 0.05) is 56.6 Å². The van der Waals surface area contributed by atoms with Gasteiger partial charge in [-0.25, -0.2) is 0 Å². The van der Waals surface area contributed by atoms with Gasteiger partial charge in [-0.1, -0.05) is 30.3 Å². The van der Waals surface area contributed by atoms with E-state index < -0.39 is 0 Å². The summed E-state index contributed by atoms with van der Waals surface area (Å²) < 4.78 is 5.67. The number of carbonyl (C=O) groups excluding carboxylic acids is 2. The molecule has 1 aromatic heterocycles. The van der Waals surface area contributed by atoms with Gasteiger partial charge in [-0.3, -0.25) is 25.3 Å². The fraction of sp³-hybridized carbons (Fsp3) is 0.407. The zero-order chi connectivity index (χ0) is 23.3. The van der Waals surface area contributed by atoms with Crippen molar-refractivity contribution in [2.75, 3.05) is 32.7 Å². The van der Waals surface area contributed by atoms with Gasteiger partial charge in [0.2, 0.25) is 11.8 Å². The lowest BCUT2D eigenvalue weighted by molar-refractivity contribution is -0.128. The highest BCUT2D eigenvalue weighted by Crippen LogP contribution is 2.30. The van der Waals surface area contributed by atoms with Crippen LogP contribution in [0.15, 0.2) is 53.1 Å². The molecule has 1 aliphatic carbocycles. The Hall–Kier alpha value is -3.16. The van der Waals surface area contributed by atoms with E-state index in [2.05, 4.69) is 57.0 Å². The molecule has 2 aromatic carbocycles. The lowest BCUT2D eigenvalue weighted by Gasteiger charge is -2.34. The van der Waals surface area contributed by atoms with Crippen LogP contribution in [0.25, 0.3) is 11.0 Å². The van der Waals surface area contributed by atoms with Crippen molar-refractivity contribution in [3.8, 4) is 0 Å². The third-order valence-corrected chi connectivity index (χ3v) is 6.93. The SMILES string of the molecule is O=C(CCN1CCN(Cc2ccccc2)CC1)NNC(=O)Cc1coc2cc3c(cc12)CCC3. The van der Waals surface area contributed by atoms with Crippen molar-refractivity contribution >= 4 is 22.8 Å². The Morgan fingerprint density at radius 3 is 2.38 bits per heavy atom. The molecule has 178 valence electrons. The maximum Gasteiger partial charge on any atom is 0.242 e. The van der Waals surface area contributed by atoms with Crippen LogP contribution < -0.4 is 10.9 Å². The van der Waals surface area contributed by atoms with E-state index >= 15 is 0 Å². The predicted octanol–water partition coefficient (Wildman–Crippen LogP) is 2.82. The molecule has 2 N–H and O–H groups in total. The van der Waals surface area contributed by atoms with Crippen LogP contribution in [0.5, 0.6) is 0 Å². The van der Waals surface area contributed by atoms with E-state index in [1.807, 2.05) is 6.07 Å². The van der Waals surface area contributed by atoms with Crippen LogP contribution >= 0.6 is 0 Å². The van der Waals surface area contributed by atoms with Crippen molar-refractivity contribution in [1.29, 1.82) is 0 Å². The van der Waals surface area contributed by atoms with Gasteiger partial charge < -0.3 is 9.32 Å². The van der Waals surface area contributed by atoms with Gasteiger partial charge in [0.1, 0.15) is 5.58 Å². The van der Waals surface area contributed by atoms with Crippen LogP contribution in [-0.2, 0) is 35.4 Å². The standard InChI is InChI=1S/C27H32N4O3/c32-26(9-10-30-11-13-31(14-12-30)18-20-5-2-1-3-6-20)28-29-27(33)17-23-19-34-25-16-22-8-4-7-21(22)15-24(23)25/h1-3,5-6,15-16,19H,4,7-14,17-18H2,(H,28,32)(H,29,33). The minimum atomic E-state index is -0.244. The van der Waals surface area contributed by atoms with Crippen LogP contribution in [0, 0.1) is 0 Å². The summed E-state index contributed by atoms with van der Waals surface area (Å²) in [5.74, 6) is -0.416. The number of rotatable bonds is 7. The fourth-order valence-corrected chi connectivity index (χ4v) is 4.98. The number of piperazine rings is 1. The van der Waals surface area contributed by atoms with Crippen LogP contribution in [0.1, 0.15) is 35.1 Å². The number of hydrogen-bond donors (Lipinski definition) is 2. The molecular weight excluding hydrogens is 428 g/mol. The highest BCUT2D eigenvalue weighted by Gasteiger charge is 2.19. The van der Waals surface area contributed by atoms with E-state index in [4.69, 9.17) is 4.42 Å². The van der Waals surface area contributed by atoms with Crippen LogP contribution in [0.2, 0.25) is 0 Å². The number of hydrazine groups is 1. The first-order valence-corrected chi connectivity index (χ1v) is 12.2. The molecule has 5 rings (SSSR count). The quantitative estimate of drug-likeness (QED) is 0.530. The van der Waals surface area contributed by atoms with Crippen molar-refractivity contribution in [2.24, 2.45) is 0 Å². The normalized spacial score (nSPS) is 16.5. The Bertz CT molecular complexity index is 1150. The molecule has 34 heavy (non-hydrogen) atoms. The van der Waals surface area contributed by atoms with Gasteiger partial charge in [-0.05, 0) is 48.1 Å². The zero-order valence-electron chi connectivity index (χ0n) is 19.5. The molecule has 1 saturated heterocycles. The lowest BCUT2D eigenvalue weighted by atomic mass is 10.0.